The second kappa shape index (κ2) is 10.5. The third-order valence-electron chi connectivity index (χ3n) is 8.52. The number of hydrogen-bond donors (Lipinski definition) is 1. The maximum absolute atomic E-state index is 12.4. The van der Waals surface area contributed by atoms with Gasteiger partial charge in [0.15, 0.2) is 17.6 Å². The van der Waals surface area contributed by atoms with Crippen molar-refractivity contribution in [3.05, 3.63) is 107 Å². The third-order valence-corrected chi connectivity index (χ3v) is 8.52. The Morgan fingerprint density at radius 3 is 2.15 bits per heavy atom. The molecular weight excluding hydrogens is 492 g/mol. The van der Waals surface area contributed by atoms with Crippen molar-refractivity contribution in [2.24, 2.45) is 0 Å². The van der Waals surface area contributed by atoms with Gasteiger partial charge in [0.1, 0.15) is 6.54 Å². The standard InChI is InChI=1S/C35H38N4O/c1-24(2)29-20-28(27-14-9-6-10-15-27)21-30(25(3)4)34(29)39-23-32(38(37-39)22-26-12-7-5-8-13-26)31-16-11-18-35(31)19-17-33(40)36-35/h5-10,12-16,20-21,23-25H,11,17-19,22H2,1-4H3/p+1/t35-/m0/s1. The van der Waals surface area contributed by atoms with E-state index in [1.165, 1.54) is 39.1 Å². The topological polar surface area (TPSA) is 50.8 Å². The van der Waals surface area contributed by atoms with E-state index in [1.54, 1.807) is 0 Å². The molecule has 204 valence electrons. The SMILES string of the molecule is CC(C)c1cc(-c2ccccc2)cc(C(C)C)c1-[n+]1cc(C2=CCC[C@]23CCC(=O)N3)n(Cc2ccccc2)n1. The van der Waals surface area contributed by atoms with Crippen LogP contribution in [-0.2, 0) is 11.3 Å². The molecular formula is C35H39N4O+. The summed E-state index contributed by atoms with van der Waals surface area (Å²) in [6.07, 6.45) is 7.87. The van der Waals surface area contributed by atoms with Crippen LogP contribution in [0.2, 0.25) is 0 Å². The summed E-state index contributed by atoms with van der Waals surface area (Å²) in [5, 5.41) is 8.61. The lowest BCUT2D eigenvalue weighted by atomic mass is 9.87. The van der Waals surface area contributed by atoms with Crippen molar-refractivity contribution in [1.29, 1.82) is 0 Å². The lowest BCUT2D eigenvalue weighted by Crippen LogP contribution is -2.41. The Labute approximate surface area is 237 Å². The maximum atomic E-state index is 12.4. The van der Waals surface area contributed by atoms with Crippen molar-refractivity contribution in [3.8, 4) is 16.8 Å². The molecule has 1 aliphatic carbocycles. The van der Waals surface area contributed by atoms with Gasteiger partial charge in [0.05, 0.1) is 10.8 Å². The first-order valence-electron chi connectivity index (χ1n) is 14.6. The fraction of sp³-hybridized carbons (Fsp3) is 0.343. The number of amides is 1. The zero-order chi connectivity index (χ0) is 27.9. The quantitative estimate of drug-likeness (QED) is 0.263. The number of carbonyl (C=O) groups is 1. The molecule has 1 amide bonds. The number of allylic oxidation sites excluding steroid dienone is 1. The molecule has 1 aromatic heterocycles. The van der Waals surface area contributed by atoms with Crippen molar-refractivity contribution in [2.45, 2.75) is 77.3 Å². The molecule has 0 saturated carbocycles. The van der Waals surface area contributed by atoms with Crippen LogP contribution in [-0.4, -0.2) is 21.3 Å². The van der Waals surface area contributed by atoms with Crippen molar-refractivity contribution < 1.29 is 9.48 Å². The van der Waals surface area contributed by atoms with E-state index >= 15 is 0 Å². The van der Waals surface area contributed by atoms with Crippen LogP contribution in [0.25, 0.3) is 22.4 Å². The molecule has 1 aliphatic heterocycles. The first-order chi connectivity index (χ1) is 19.3. The van der Waals surface area contributed by atoms with Gasteiger partial charge in [-0.2, -0.15) is 0 Å². The lowest BCUT2D eigenvalue weighted by molar-refractivity contribution is -0.662. The van der Waals surface area contributed by atoms with Gasteiger partial charge in [0, 0.05) is 23.1 Å². The van der Waals surface area contributed by atoms with E-state index in [9.17, 15) is 4.79 Å². The van der Waals surface area contributed by atoms with Crippen LogP contribution in [0.3, 0.4) is 0 Å². The highest BCUT2D eigenvalue weighted by Crippen LogP contribution is 2.43. The highest BCUT2D eigenvalue weighted by atomic mass is 16.2. The van der Waals surface area contributed by atoms with Gasteiger partial charge >= 0.3 is 0 Å². The lowest BCUT2D eigenvalue weighted by Gasteiger charge is -2.26. The van der Waals surface area contributed by atoms with Gasteiger partial charge in [-0.3, -0.25) is 4.79 Å². The van der Waals surface area contributed by atoms with Crippen molar-refractivity contribution in [1.82, 2.24) is 15.2 Å². The predicted molar refractivity (Wildman–Crippen MR) is 160 cm³/mol. The summed E-state index contributed by atoms with van der Waals surface area (Å²) in [5.41, 5.74) is 9.42. The van der Waals surface area contributed by atoms with Crippen LogP contribution in [0, 0.1) is 0 Å². The third kappa shape index (κ3) is 4.78. The van der Waals surface area contributed by atoms with Crippen LogP contribution >= 0.6 is 0 Å². The maximum Gasteiger partial charge on any atom is 0.220 e. The Balaban J connectivity index is 1.54. The van der Waals surface area contributed by atoms with Crippen molar-refractivity contribution in [3.63, 3.8) is 0 Å². The summed E-state index contributed by atoms with van der Waals surface area (Å²) in [7, 11) is 0. The van der Waals surface area contributed by atoms with E-state index in [0.29, 0.717) is 24.8 Å². The first-order valence-corrected chi connectivity index (χ1v) is 14.6. The Morgan fingerprint density at radius 2 is 1.55 bits per heavy atom. The summed E-state index contributed by atoms with van der Waals surface area (Å²) in [4.78, 5) is 12.4. The Bertz CT molecular complexity index is 1540. The molecule has 2 heterocycles. The van der Waals surface area contributed by atoms with Gasteiger partial charge < -0.3 is 5.32 Å². The molecule has 0 radical (unpaired) electrons. The number of benzene rings is 3. The number of aromatic nitrogens is 3. The summed E-state index contributed by atoms with van der Waals surface area (Å²) >= 11 is 0. The van der Waals surface area contributed by atoms with Gasteiger partial charge in [-0.15, -0.1) is 9.36 Å². The highest BCUT2D eigenvalue weighted by molar-refractivity contribution is 5.87. The molecule has 40 heavy (non-hydrogen) atoms. The fourth-order valence-electron chi connectivity index (χ4n) is 6.44. The number of nitrogens with one attached hydrogen (secondary N) is 1. The smallest absolute Gasteiger partial charge is 0.220 e. The molecule has 4 aromatic rings. The highest BCUT2D eigenvalue weighted by Gasteiger charge is 2.46. The molecule has 0 bridgehead atoms. The zero-order valence-electron chi connectivity index (χ0n) is 24.0. The van der Waals surface area contributed by atoms with Crippen LogP contribution in [0.5, 0.6) is 0 Å². The van der Waals surface area contributed by atoms with E-state index in [-0.39, 0.29) is 11.4 Å². The monoisotopic (exact) mass is 531 g/mol. The molecule has 1 fully saturated rings. The second-order valence-corrected chi connectivity index (χ2v) is 12.0. The van der Waals surface area contributed by atoms with Gasteiger partial charge in [-0.25, -0.2) is 0 Å². The molecule has 6 rings (SSSR count). The van der Waals surface area contributed by atoms with Gasteiger partial charge in [0.2, 0.25) is 5.91 Å². The molecule has 1 N–H and O–H groups in total. The fourth-order valence-corrected chi connectivity index (χ4v) is 6.44. The van der Waals surface area contributed by atoms with E-state index in [2.05, 4.69) is 121 Å². The largest absolute Gasteiger partial charge is 0.346 e. The minimum atomic E-state index is -0.289. The van der Waals surface area contributed by atoms with Gasteiger partial charge in [-0.05, 0) is 59.9 Å². The molecule has 0 unspecified atom stereocenters. The molecule has 5 nitrogen and oxygen atoms in total. The Hall–Kier alpha value is -3.99. The second-order valence-electron chi connectivity index (χ2n) is 12.0. The van der Waals surface area contributed by atoms with E-state index in [0.717, 1.165) is 25.0 Å². The minimum Gasteiger partial charge on any atom is -0.346 e. The minimum absolute atomic E-state index is 0.149. The van der Waals surface area contributed by atoms with Gasteiger partial charge in [-0.1, -0.05) is 94.4 Å². The van der Waals surface area contributed by atoms with Crippen LogP contribution in [0.15, 0.2) is 85.1 Å². The first kappa shape index (κ1) is 26.2. The molecule has 1 spiro atoms. The summed E-state index contributed by atoms with van der Waals surface area (Å²) < 4.78 is 4.25. The molecule has 1 atom stereocenters. The van der Waals surface area contributed by atoms with Crippen molar-refractivity contribution >= 4 is 11.5 Å². The zero-order valence-corrected chi connectivity index (χ0v) is 24.0. The van der Waals surface area contributed by atoms with E-state index < -0.39 is 0 Å². The summed E-state index contributed by atoms with van der Waals surface area (Å²) in [6, 6.07) is 25.9. The van der Waals surface area contributed by atoms with Crippen LogP contribution in [0.4, 0.5) is 0 Å². The van der Waals surface area contributed by atoms with Crippen LogP contribution < -0.4 is 10.00 Å². The normalized spacial score (nSPS) is 18.6. The van der Waals surface area contributed by atoms with Crippen molar-refractivity contribution in [2.75, 3.05) is 0 Å². The number of rotatable bonds is 7. The van der Waals surface area contributed by atoms with Crippen LogP contribution in [0.1, 0.15) is 87.6 Å². The summed E-state index contributed by atoms with van der Waals surface area (Å²) in [5.74, 6) is 0.783. The van der Waals surface area contributed by atoms with E-state index in [1.807, 2.05) is 6.07 Å². The number of carbonyl (C=O) groups excluding carboxylic acids is 1. The average Bonchev–Trinajstić information content (AvgIpc) is 3.67. The van der Waals surface area contributed by atoms with E-state index in [4.69, 9.17) is 5.21 Å². The number of nitrogens with zero attached hydrogens (tertiary/aromatic N) is 3. The number of hydrogen-bond acceptors (Lipinski definition) is 2. The van der Waals surface area contributed by atoms with Gasteiger partial charge in [0.25, 0.3) is 0 Å². The molecule has 5 heteroatoms. The summed E-state index contributed by atoms with van der Waals surface area (Å²) in [6.45, 7) is 9.73. The molecule has 2 aliphatic rings. The molecule has 1 saturated heterocycles. The Kier molecular flexibility index (Phi) is 6.91. The molecule has 3 aromatic carbocycles. The Morgan fingerprint density at radius 1 is 0.900 bits per heavy atom. The average molecular weight is 532 g/mol. The predicted octanol–water partition coefficient (Wildman–Crippen LogP) is 6.95.